The summed E-state index contributed by atoms with van der Waals surface area (Å²) in [6.45, 7) is 0.758. The summed E-state index contributed by atoms with van der Waals surface area (Å²) in [5.41, 5.74) is 0.478. The van der Waals surface area contributed by atoms with E-state index in [0.717, 1.165) is 38.1 Å². The number of aryl methyl sites for hydroxylation is 1. The number of aromatic nitrogens is 4. The van der Waals surface area contributed by atoms with Gasteiger partial charge in [0.1, 0.15) is 17.7 Å². The van der Waals surface area contributed by atoms with E-state index >= 15 is 0 Å². The Labute approximate surface area is 158 Å². The van der Waals surface area contributed by atoms with Crippen molar-refractivity contribution in [3.8, 4) is 11.8 Å². The molecule has 0 radical (unpaired) electrons. The Bertz CT molecular complexity index is 817. The molecule has 3 heterocycles. The summed E-state index contributed by atoms with van der Waals surface area (Å²) < 4.78 is 12.6. The first-order chi connectivity index (χ1) is 13.2. The number of hydrogen-bond donors (Lipinski definition) is 0. The lowest BCUT2D eigenvalue weighted by Gasteiger charge is -2.25. The zero-order chi connectivity index (χ0) is 18.8. The highest BCUT2D eigenvalue weighted by molar-refractivity contribution is 5.96. The average Bonchev–Trinajstić information content (AvgIpc) is 3.25. The maximum Gasteiger partial charge on any atom is 0.259 e. The summed E-state index contributed by atoms with van der Waals surface area (Å²) in [6.07, 6.45) is 8.00. The van der Waals surface area contributed by atoms with Gasteiger partial charge in [-0.05, 0) is 38.2 Å². The third-order valence-electron chi connectivity index (χ3n) is 5.39. The number of carbonyl (C=O) groups is 1. The normalized spacial score (nSPS) is 19.3. The summed E-state index contributed by atoms with van der Waals surface area (Å²) in [4.78, 5) is 19.3. The number of carbonyl (C=O) groups excluding carboxylic acids is 1. The molecule has 1 aliphatic heterocycles. The minimum atomic E-state index is -0.0341. The van der Waals surface area contributed by atoms with Crippen LogP contribution >= 0.6 is 0 Å². The number of hydrogen-bond acceptors (Lipinski definition) is 6. The number of pyridine rings is 1. The van der Waals surface area contributed by atoms with Crippen molar-refractivity contribution < 1.29 is 14.3 Å². The Morgan fingerprint density at radius 2 is 2.07 bits per heavy atom. The molecule has 8 heteroatoms. The van der Waals surface area contributed by atoms with Crippen LogP contribution in [0.2, 0.25) is 0 Å². The summed E-state index contributed by atoms with van der Waals surface area (Å²) in [6, 6.07) is 4.20. The van der Waals surface area contributed by atoms with Gasteiger partial charge in [-0.1, -0.05) is 0 Å². The molecule has 0 bridgehead atoms. The standard InChI is InChI=1S/C19H25N5O3/c1-26-17-10-8-15(18(21-17)27-2)19(25)23-11-3-4-13(23)7-9-16-22-20-12-24(16)14-5-6-14/h8,10,12-14H,3-7,9,11H2,1-2H3. The van der Waals surface area contributed by atoms with E-state index in [1.54, 1.807) is 19.2 Å². The molecule has 1 saturated heterocycles. The SMILES string of the molecule is COc1ccc(C(=O)N2CCCC2CCc2nncn2C2CC2)c(OC)n1. The van der Waals surface area contributed by atoms with Crippen LogP contribution in [-0.2, 0) is 6.42 Å². The first-order valence-corrected chi connectivity index (χ1v) is 9.49. The molecule has 1 amide bonds. The minimum Gasteiger partial charge on any atom is -0.481 e. The van der Waals surface area contributed by atoms with Crippen molar-refractivity contribution >= 4 is 5.91 Å². The minimum absolute atomic E-state index is 0.0341. The Balaban J connectivity index is 1.46. The van der Waals surface area contributed by atoms with Gasteiger partial charge < -0.3 is 18.9 Å². The van der Waals surface area contributed by atoms with Crippen LogP contribution in [-0.4, -0.2) is 57.4 Å². The van der Waals surface area contributed by atoms with Crippen molar-refractivity contribution in [1.82, 2.24) is 24.6 Å². The van der Waals surface area contributed by atoms with Gasteiger partial charge in [0.15, 0.2) is 0 Å². The highest BCUT2D eigenvalue weighted by atomic mass is 16.5. The molecule has 144 valence electrons. The van der Waals surface area contributed by atoms with Crippen molar-refractivity contribution in [2.75, 3.05) is 20.8 Å². The summed E-state index contributed by atoms with van der Waals surface area (Å²) in [7, 11) is 3.06. The lowest BCUT2D eigenvalue weighted by molar-refractivity contribution is 0.0725. The van der Waals surface area contributed by atoms with E-state index in [9.17, 15) is 4.79 Å². The molecule has 1 saturated carbocycles. The monoisotopic (exact) mass is 371 g/mol. The van der Waals surface area contributed by atoms with Gasteiger partial charge in [0.25, 0.3) is 5.91 Å². The molecule has 1 atom stereocenters. The number of rotatable bonds is 7. The Morgan fingerprint density at radius 3 is 2.81 bits per heavy atom. The fourth-order valence-electron chi connectivity index (χ4n) is 3.81. The van der Waals surface area contributed by atoms with Gasteiger partial charge >= 0.3 is 0 Å². The molecule has 2 fully saturated rings. The number of ether oxygens (including phenoxy) is 2. The molecule has 27 heavy (non-hydrogen) atoms. The molecule has 0 spiro atoms. The summed E-state index contributed by atoms with van der Waals surface area (Å²) in [5.74, 6) is 1.73. The number of methoxy groups -OCH3 is 2. The molecule has 2 aromatic rings. The van der Waals surface area contributed by atoms with E-state index in [4.69, 9.17) is 9.47 Å². The van der Waals surface area contributed by atoms with Crippen LogP contribution in [0.5, 0.6) is 11.8 Å². The third-order valence-corrected chi connectivity index (χ3v) is 5.39. The van der Waals surface area contributed by atoms with Crippen molar-refractivity contribution in [3.63, 3.8) is 0 Å². The smallest absolute Gasteiger partial charge is 0.259 e. The van der Waals surface area contributed by atoms with Crippen molar-refractivity contribution in [1.29, 1.82) is 0 Å². The zero-order valence-electron chi connectivity index (χ0n) is 15.8. The van der Waals surface area contributed by atoms with Crippen LogP contribution in [0.15, 0.2) is 18.5 Å². The second-order valence-electron chi connectivity index (χ2n) is 7.13. The summed E-state index contributed by atoms with van der Waals surface area (Å²) in [5, 5.41) is 8.34. The third kappa shape index (κ3) is 3.61. The fourth-order valence-corrected chi connectivity index (χ4v) is 3.81. The lowest BCUT2D eigenvalue weighted by atomic mass is 10.1. The highest BCUT2D eigenvalue weighted by Crippen LogP contribution is 2.35. The zero-order valence-corrected chi connectivity index (χ0v) is 15.8. The molecule has 8 nitrogen and oxygen atoms in total. The molecular weight excluding hydrogens is 346 g/mol. The molecule has 4 rings (SSSR count). The first-order valence-electron chi connectivity index (χ1n) is 9.49. The Kier molecular flexibility index (Phi) is 4.96. The fraction of sp³-hybridized carbons (Fsp3) is 0.579. The lowest BCUT2D eigenvalue weighted by Crippen LogP contribution is -2.36. The van der Waals surface area contributed by atoms with Crippen molar-refractivity contribution in [2.24, 2.45) is 0 Å². The predicted molar refractivity (Wildman–Crippen MR) is 98.0 cm³/mol. The molecule has 2 aliphatic rings. The molecule has 0 N–H and O–H groups in total. The van der Waals surface area contributed by atoms with Gasteiger partial charge in [0, 0.05) is 31.1 Å². The van der Waals surface area contributed by atoms with Gasteiger partial charge in [0.05, 0.1) is 14.2 Å². The molecule has 0 aromatic carbocycles. The molecular formula is C19H25N5O3. The Hall–Kier alpha value is -2.64. The van der Waals surface area contributed by atoms with Crippen LogP contribution in [0.4, 0.5) is 0 Å². The van der Waals surface area contributed by atoms with Gasteiger partial charge in [-0.3, -0.25) is 4.79 Å². The second-order valence-corrected chi connectivity index (χ2v) is 7.13. The number of amides is 1. The molecule has 2 aromatic heterocycles. The van der Waals surface area contributed by atoms with Gasteiger partial charge in [0.2, 0.25) is 11.8 Å². The van der Waals surface area contributed by atoms with E-state index < -0.39 is 0 Å². The van der Waals surface area contributed by atoms with Gasteiger partial charge in [-0.15, -0.1) is 10.2 Å². The second kappa shape index (κ2) is 7.54. The highest BCUT2D eigenvalue weighted by Gasteiger charge is 2.32. The van der Waals surface area contributed by atoms with E-state index in [1.807, 2.05) is 11.2 Å². The van der Waals surface area contributed by atoms with Crippen LogP contribution in [0, 0.1) is 0 Å². The van der Waals surface area contributed by atoms with E-state index in [2.05, 4.69) is 19.7 Å². The average molecular weight is 371 g/mol. The first kappa shape index (κ1) is 17.8. The molecule has 1 unspecified atom stereocenters. The Morgan fingerprint density at radius 1 is 1.22 bits per heavy atom. The van der Waals surface area contributed by atoms with E-state index in [0.29, 0.717) is 23.4 Å². The molecule has 1 aliphatic carbocycles. The van der Waals surface area contributed by atoms with Crippen LogP contribution in [0.25, 0.3) is 0 Å². The summed E-state index contributed by atoms with van der Waals surface area (Å²) >= 11 is 0. The van der Waals surface area contributed by atoms with E-state index in [1.165, 1.54) is 20.0 Å². The van der Waals surface area contributed by atoms with Crippen LogP contribution < -0.4 is 9.47 Å². The number of likely N-dealkylation sites (tertiary alicyclic amines) is 1. The predicted octanol–water partition coefficient (Wildman–Crippen LogP) is 2.26. The van der Waals surface area contributed by atoms with Crippen molar-refractivity contribution in [3.05, 3.63) is 29.8 Å². The van der Waals surface area contributed by atoms with Crippen LogP contribution in [0.1, 0.15) is 54.3 Å². The quantitative estimate of drug-likeness (QED) is 0.742. The topological polar surface area (TPSA) is 82.4 Å². The van der Waals surface area contributed by atoms with E-state index in [-0.39, 0.29) is 11.9 Å². The van der Waals surface area contributed by atoms with Crippen molar-refractivity contribution in [2.45, 2.75) is 50.6 Å². The maximum atomic E-state index is 13.1. The largest absolute Gasteiger partial charge is 0.481 e. The number of nitrogens with zero attached hydrogens (tertiary/aromatic N) is 5. The van der Waals surface area contributed by atoms with Gasteiger partial charge in [-0.25, -0.2) is 0 Å². The van der Waals surface area contributed by atoms with Gasteiger partial charge in [-0.2, -0.15) is 4.98 Å². The van der Waals surface area contributed by atoms with Crippen LogP contribution in [0.3, 0.4) is 0 Å². The maximum absolute atomic E-state index is 13.1.